The first kappa shape index (κ1) is 25.3. The number of nitrogens with one attached hydrogen (secondary N) is 1. The molecule has 0 bridgehead atoms. The number of benzene rings is 2. The highest BCUT2D eigenvalue weighted by molar-refractivity contribution is 7.99. The van der Waals surface area contributed by atoms with Crippen molar-refractivity contribution in [3.8, 4) is 0 Å². The van der Waals surface area contributed by atoms with E-state index in [2.05, 4.69) is 12.2 Å². The number of hydrogen-bond donors (Lipinski definition) is 1. The summed E-state index contributed by atoms with van der Waals surface area (Å²) < 4.78 is 0. The van der Waals surface area contributed by atoms with Gasteiger partial charge in [-0.25, -0.2) is 0 Å². The number of carbonyl (C=O) groups is 2. The van der Waals surface area contributed by atoms with Crippen LogP contribution in [-0.4, -0.2) is 35.1 Å². The van der Waals surface area contributed by atoms with E-state index in [1.54, 1.807) is 16.7 Å². The fourth-order valence-corrected chi connectivity index (χ4v) is 4.16. The van der Waals surface area contributed by atoms with E-state index in [1.165, 1.54) is 0 Å². The van der Waals surface area contributed by atoms with Crippen molar-refractivity contribution in [2.24, 2.45) is 0 Å². The monoisotopic (exact) mass is 460 g/mol. The van der Waals surface area contributed by atoms with E-state index >= 15 is 0 Å². The molecule has 1 N–H and O–H groups in total. The lowest BCUT2D eigenvalue weighted by atomic mass is 10.1. The molecule has 6 heteroatoms. The molecule has 4 nitrogen and oxygen atoms in total. The maximum Gasteiger partial charge on any atom is 0.242 e. The Labute approximate surface area is 195 Å². The lowest BCUT2D eigenvalue weighted by Gasteiger charge is -2.29. The van der Waals surface area contributed by atoms with Gasteiger partial charge < -0.3 is 10.2 Å². The Bertz CT molecular complexity index is 842. The highest BCUT2D eigenvalue weighted by Crippen LogP contribution is 2.22. The van der Waals surface area contributed by atoms with Gasteiger partial charge in [-0.15, -0.1) is 11.8 Å². The van der Waals surface area contributed by atoms with Crippen molar-refractivity contribution in [1.82, 2.24) is 10.2 Å². The molecule has 0 heterocycles. The maximum absolute atomic E-state index is 13.1. The zero-order chi connectivity index (χ0) is 22.6. The maximum atomic E-state index is 13.1. The van der Waals surface area contributed by atoms with Crippen molar-refractivity contribution in [2.45, 2.75) is 63.9 Å². The van der Waals surface area contributed by atoms with E-state index in [-0.39, 0.29) is 11.8 Å². The Hall–Kier alpha value is -1.98. The molecule has 0 aliphatic carbocycles. The van der Waals surface area contributed by atoms with E-state index < -0.39 is 6.04 Å². The van der Waals surface area contributed by atoms with E-state index in [4.69, 9.17) is 11.6 Å². The minimum Gasteiger partial charge on any atom is -0.354 e. The number of aryl methyl sites for hydroxylation is 1. The summed E-state index contributed by atoms with van der Waals surface area (Å²) in [5.41, 5.74) is 2.19. The van der Waals surface area contributed by atoms with Gasteiger partial charge in [0.05, 0.1) is 0 Å². The molecule has 0 spiro atoms. The standard InChI is InChI=1S/C25H33ClN2O2S/c1-4-5-16-27-25(30)20(3)28(18-21-10-7-6-9-19(21)2)24(29)11-8-17-31-23-14-12-22(26)13-15-23/h6-7,9-10,12-15,20H,4-5,8,11,16-18H2,1-3H3,(H,27,30)/t20-/m1/s1. The van der Waals surface area contributed by atoms with Gasteiger partial charge in [-0.3, -0.25) is 9.59 Å². The smallest absolute Gasteiger partial charge is 0.242 e. The van der Waals surface area contributed by atoms with Crippen LogP contribution in [0.15, 0.2) is 53.4 Å². The second kappa shape index (κ2) is 13.4. The molecule has 0 saturated carbocycles. The van der Waals surface area contributed by atoms with E-state index in [9.17, 15) is 9.59 Å². The summed E-state index contributed by atoms with van der Waals surface area (Å²) in [6.07, 6.45) is 3.12. The lowest BCUT2D eigenvalue weighted by Crippen LogP contribution is -2.47. The Kier molecular flexibility index (Phi) is 11.0. The van der Waals surface area contributed by atoms with E-state index in [0.29, 0.717) is 19.5 Å². The topological polar surface area (TPSA) is 49.4 Å². The highest BCUT2D eigenvalue weighted by Gasteiger charge is 2.25. The van der Waals surface area contributed by atoms with Crippen LogP contribution in [0.3, 0.4) is 0 Å². The Morgan fingerprint density at radius 2 is 1.81 bits per heavy atom. The number of carbonyl (C=O) groups excluding carboxylic acids is 2. The van der Waals surface area contributed by atoms with Crippen LogP contribution in [0.2, 0.25) is 5.02 Å². The normalized spacial score (nSPS) is 11.7. The zero-order valence-electron chi connectivity index (χ0n) is 18.7. The fourth-order valence-electron chi connectivity index (χ4n) is 3.18. The zero-order valence-corrected chi connectivity index (χ0v) is 20.3. The lowest BCUT2D eigenvalue weighted by molar-refractivity contribution is -0.140. The van der Waals surface area contributed by atoms with Gasteiger partial charge in [0.25, 0.3) is 0 Å². The summed E-state index contributed by atoms with van der Waals surface area (Å²) in [5, 5.41) is 3.68. The average Bonchev–Trinajstić information content (AvgIpc) is 2.77. The molecule has 0 aliphatic rings. The van der Waals surface area contributed by atoms with Crippen LogP contribution >= 0.6 is 23.4 Å². The number of nitrogens with zero attached hydrogens (tertiary/aromatic N) is 1. The molecule has 0 unspecified atom stereocenters. The molecule has 0 fully saturated rings. The molecule has 168 valence electrons. The number of halogens is 1. The van der Waals surface area contributed by atoms with Crippen molar-refractivity contribution < 1.29 is 9.59 Å². The number of amides is 2. The van der Waals surface area contributed by atoms with Crippen LogP contribution in [0.25, 0.3) is 0 Å². The average molecular weight is 461 g/mol. The third kappa shape index (κ3) is 8.58. The van der Waals surface area contributed by atoms with Gasteiger partial charge in [0.2, 0.25) is 11.8 Å². The second-order valence-electron chi connectivity index (χ2n) is 7.67. The van der Waals surface area contributed by atoms with Crippen LogP contribution in [0.5, 0.6) is 0 Å². The summed E-state index contributed by atoms with van der Waals surface area (Å²) in [7, 11) is 0. The van der Waals surface area contributed by atoms with Gasteiger partial charge in [0, 0.05) is 29.4 Å². The number of hydrogen-bond acceptors (Lipinski definition) is 3. The third-order valence-corrected chi connectivity index (χ3v) is 6.57. The first-order valence-electron chi connectivity index (χ1n) is 10.9. The Balaban J connectivity index is 1.98. The van der Waals surface area contributed by atoms with Gasteiger partial charge in [-0.05, 0) is 67.8 Å². The molecule has 2 aromatic carbocycles. The predicted molar refractivity (Wildman–Crippen MR) is 131 cm³/mol. The van der Waals surface area contributed by atoms with Crippen LogP contribution in [0, 0.1) is 6.92 Å². The molecular formula is C25H33ClN2O2S. The molecular weight excluding hydrogens is 428 g/mol. The summed E-state index contributed by atoms with van der Waals surface area (Å²) in [5.74, 6) is 0.756. The van der Waals surface area contributed by atoms with Gasteiger partial charge in [-0.1, -0.05) is 49.2 Å². The first-order chi connectivity index (χ1) is 14.9. The predicted octanol–water partition coefficient (Wildman–Crippen LogP) is 5.85. The molecule has 2 rings (SSSR count). The minimum atomic E-state index is -0.507. The summed E-state index contributed by atoms with van der Waals surface area (Å²) in [6.45, 7) is 7.03. The van der Waals surface area contributed by atoms with Gasteiger partial charge in [-0.2, -0.15) is 0 Å². The molecule has 1 atom stereocenters. The van der Waals surface area contributed by atoms with E-state index in [1.807, 2.05) is 62.4 Å². The van der Waals surface area contributed by atoms with Crippen molar-refractivity contribution in [3.63, 3.8) is 0 Å². The number of unbranched alkanes of at least 4 members (excludes halogenated alkanes) is 1. The molecule has 0 saturated heterocycles. The van der Waals surface area contributed by atoms with Gasteiger partial charge in [0.1, 0.15) is 6.04 Å². The summed E-state index contributed by atoms with van der Waals surface area (Å²) in [4.78, 5) is 28.6. The van der Waals surface area contributed by atoms with Crippen molar-refractivity contribution in [2.75, 3.05) is 12.3 Å². The molecule has 0 aliphatic heterocycles. The molecule has 0 radical (unpaired) electrons. The SMILES string of the molecule is CCCCNC(=O)[C@@H](C)N(Cc1ccccc1C)C(=O)CCCSc1ccc(Cl)cc1. The largest absolute Gasteiger partial charge is 0.354 e. The summed E-state index contributed by atoms with van der Waals surface area (Å²) in [6, 6.07) is 15.2. The molecule has 0 aromatic heterocycles. The Morgan fingerprint density at radius 1 is 1.10 bits per heavy atom. The van der Waals surface area contributed by atoms with Crippen molar-refractivity contribution in [3.05, 3.63) is 64.7 Å². The van der Waals surface area contributed by atoms with Crippen LogP contribution in [0.1, 0.15) is 50.7 Å². The highest BCUT2D eigenvalue weighted by atomic mass is 35.5. The van der Waals surface area contributed by atoms with Crippen LogP contribution in [0.4, 0.5) is 0 Å². The minimum absolute atomic E-state index is 0.0121. The third-order valence-electron chi connectivity index (χ3n) is 5.22. The van der Waals surface area contributed by atoms with Crippen LogP contribution < -0.4 is 5.32 Å². The van der Waals surface area contributed by atoms with Crippen LogP contribution in [-0.2, 0) is 16.1 Å². The molecule has 31 heavy (non-hydrogen) atoms. The molecule has 2 amide bonds. The van der Waals surface area contributed by atoms with Crippen molar-refractivity contribution in [1.29, 1.82) is 0 Å². The van der Waals surface area contributed by atoms with Gasteiger partial charge >= 0.3 is 0 Å². The number of thioether (sulfide) groups is 1. The van der Waals surface area contributed by atoms with Crippen molar-refractivity contribution >= 4 is 35.2 Å². The molecule has 2 aromatic rings. The first-order valence-corrected chi connectivity index (χ1v) is 12.3. The van der Waals surface area contributed by atoms with Gasteiger partial charge in [0.15, 0.2) is 0 Å². The quantitative estimate of drug-likeness (QED) is 0.319. The fraction of sp³-hybridized carbons (Fsp3) is 0.440. The Morgan fingerprint density at radius 3 is 2.48 bits per heavy atom. The number of rotatable bonds is 12. The van der Waals surface area contributed by atoms with E-state index in [0.717, 1.165) is 46.1 Å². The second-order valence-corrected chi connectivity index (χ2v) is 9.28. The summed E-state index contributed by atoms with van der Waals surface area (Å²) >= 11 is 7.64.